The molecular weight excluding hydrogens is 338 g/mol. The number of aliphatic carboxylic acids is 1. The van der Waals surface area contributed by atoms with E-state index in [0.717, 1.165) is 15.4 Å². The van der Waals surface area contributed by atoms with Gasteiger partial charge in [-0.3, -0.25) is 4.79 Å². The molecule has 21 heavy (non-hydrogen) atoms. The van der Waals surface area contributed by atoms with Crippen molar-refractivity contribution in [3.63, 3.8) is 0 Å². The Morgan fingerprint density at radius 2 is 2.14 bits per heavy atom. The van der Waals surface area contributed by atoms with Gasteiger partial charge in [-0.1, -0.05) is 15.9 Å². The van der Waals surface area contributed by atoms with Crippen LogP contribution in [0.5, 0.6) is 0 Å². The maximum atomic E-state index is 12.5. The molecule has 110 valence electrons. The van der Waals surface area contributed by atoms with Crippen molar-refractivity contribution < 1.29 is 19.1 Å². The van der Waals surface area contributed by atoms with Crippen molar-refractivity contribution in [3.8, 4) is 0 Å². The van der Waals surface area contributed by atoms with Crippen molar-refractivity contribution in [3.05, 3.63) is 34.0 Å². The van der Waals surface area contributed by atoms with E-state index in [0.29, 0.717) is 25.0 Å². The first-order chi connectivity index (χ1) is 9.97. The molecule has 1 atom stereocenters. The SMILES string of the molecule is Cc1cc(Br)cc2cc(C(=O)N3CCC[C@@H]3C(=O)O)oc12. The number of nitrogens with zero attached hydrogens (tertiary/aromatic N) is 1. The highest BCUT2D eigenvalue weighted by Gasteiger charge is 2.35. The fourth-order valence-electron chi connectivity index (χ4n) is 2.80. The van der Waals surface area contributed by atoms with Gasteiger partial charge in [0.1, 0.15) is 11.6 Å². The first-order valence-electron chi connectivity index (χ1n) is 6.71. The normalized spacial score (nSPS) is 18.4. The number of fused-ring (bicyclic) bond motifs is 1. The molecule has 0 spiro atoms. The maximum absolute atomic E-state index is 12.5. The van der Waals surface area contributed by atoms with Gasteiger partial charge in [0.2, 0.25) is 0 Å². The fourth-order valence-corrected chi connectivity index (χ4v) is 3.39. The Kier molecular flexibility index (Phi) is 3.49. The van der Waals surface area contributed by atoms with Crippen LogP contribution in [0.1, 0.15) is 29.0 Å². The lowest BCUT2D eigenvalue weighted by atomic mass is 10.2. The molecule has 1 aromatic heterocycles. The molecule has 1 N–H and O–H groups in total. The molecule has 1 amide bonds. The predicted molar refractivity (Wildman–Crippen MR) is 80.3 cm³/mol. The van der Waals surface area contributed by atoms with E-state index in [-0.39, 0.29) is 11.7 Å². The summed E-state index contributed by atoms with van der Waals surface area (Å²) in [6, 6.07) is 4.71. The number of carboxylic acid groups (broad SMARTS) is 1. The van der Waals surface area contributed by atoms with Gasteiger partial charge in [-0.05, 0) is 43.5 Å². The van der Waals surface area contributed by atoms with Gasteiger partial charge in [0, 0.05) is 16.4 Å². The molecule has 1 saturated heterocycles. The van der Waals surface area contributed by atoms with E-state index in [4.69, 9.17) is 9.52 Å². The number of rotatable bonds is 2. The van der Waals surface area contributed by atoms with E-state index < -0.39 is 12.0 Å². The summed E-state index contributed by atoms with van der Waals surface area (Å²) in [4.78, 5) is 25.1. The highest BCUT2D eigenvalue weighted by atomic mass is 79.9. The number of amides is 1. The average molecular weight is 352 g/mol. The Balaban J connectivity index is 1.98. The Morgan fingerprint density at radius 1 is 1.38 bits per heavy atom. The Hall–Kier alpha value is -1.82. The second-order valence-electron chi connectivity index (χ2n) is 5.25. The zero-order valence-electron chi connectivity index (χ0n) is 11.4. The molecule has 1 aliphatic rings. The molecular formula is C15H14BrNO4. The van der Waals surface area contributed by atoms with Crippen molar-refractivity contribution in [1.82, 2.24) is 4.90 Å². The number of hydrogen-bond acceptors (Lipinski definition) is 3. The van der Waals surface area contributed by atoms with Gasteiger partial charge in [0.25, 0.3) is 5.91 Å². The molecule has 0 saturated carbocycles. The van der Waals surface area contributed by atoms with Crippen LogP contribution in [0.15, 0.2) is 27.1 Å². The van der Waals surface area contributed by atoms with Gasteiger partial charge < -0.3 is 14.4 Å². The molecule has 2 heterocycles. The quantitative estimate of drug-likeness (QED) is 0.901. The monoisotopic (exact) mass is 351 g/mol. The van der Waals surface area contributed by atoms with Crippen LogP contribution in [0, 0.1) is 6.92 Å². The van der Waals surface area contributed by atoms with Crippen LogP contribution < -0.4 is 0 Å². The zero-order valence-corrected chi connectivity index (χ0v) is 13.0. The molecule has 3 rings (SSSR count). The standard InChI is InChI=1S/C15H14BrNO4/c1-8-5-10(16)6-9-7-12(21-13(8)9)14(18)17-4-2-3-11(17)15(19)20/h5-7,11H,2-4H2,1H3,(H,19,20)/t11-/m1/s1. The van der Waals surface area contributed by atoms with E-state index in [1.807, 2.05) is 19.1 Å². The molecule has 0 aliphatic carbocycles. The maximum Gasteiger partial charge on any atom is 0.326 e. The smallest absolute Gasteiger partial charge is 0.326 e. The van der Waals surface area contributed by atoms with Crippen molar-refractivity contribution >= 4 is 38.8 Å². The molecule has 1 aromatic carbocycles. The lowest BCUT2D eigenvalue weighted by molar-refractivity contribution is -0.141. The van der Waals surface area contributed by atoms with Gasteiger partial charge in [0.15, 0.2) is 5.76 Å². The molecule has 1 fully saturated rings. The van der Waals surface area contributed by atoms with Crippen LogP contribution in [0.3, 0.4) is 0 Å². The third kappa shape index (κ3) is 2.44. The van der Waals surface area contributed by atoms with Crippen LogP contribution >= 0.6 is 15.9 Å². The van der Waals surface area contributed by atoms with Crippen molar-refractivity contribution in [2.24, 2.45) is 0 Å². The summed E-state index contributed by atoms with van der Waals surface area (Å²) in [5, 5.41) is 10.00. The average Bonchev–Trinajstić information content (AvgIpc) is 3.03. The third-order valence-corrected chi connectivity index (χ3v) is 4.23. The Morgan fingerprint density at radius 3 is 2.86 bits per heavy atom. The largest absolute Gasteiger partial charge is 0.480 e. The summed E-state index contributed by atoms with van der Waals surface area (Å²) in [7, 11) is 0. The van der Waals surface area contributed by atoms with Crippen molar-refractivity contribution in [2.75, 3.05) is 6.54 Å². The molecule has 0 bridgehead atoms. The summed E-state index contributed by atoms with van der Waals surface area (Å²) < 4.78 is 6.56. The van der Waals surface area contributed by atoms with E-state index in [2.05, 4.69) is 15.9 Å². The first kappa shape index (κ1) is 14.1. The fraction of sp³-hybridized carbons (Fsp3) is 0.333. The van der Waals surface area contributed by atoms with E-state index in [9.17, 15) is 9.59 Å². The lowest BCUT2D eigenvalue weighted by Crippen LogP contribution is -2.40. The zero-order chi connectivity index (χ0) is 15.1. The van der Waals surface area contributed by atoms with Gasteiger partial charge in [-0.25, -0.2) is 4.79 Å². The number of aryl methyl sites for hydroxylation is 1. The highest BCUT2D eigenvalue weighted by Crippen LogP contribution is 2.29. The van der Waals surface area contributed by atoms with Crippen LogP contribution in [0.4, 0.5) is 0 Å². The second-order valence-corrected chi connectivity index (χ2v) is 6.16. The summed E-state index contributed by atoms with van der Waals surface area (Å²) in [5.74, 6) is -1.12. The van der Waals surface area contributed by atoms with Crippen molar-refractivity contribution in [2.45, 2.75) is 25.8 Å². The van der Waals surface area contributed by atoms with Crippen LogP contribution in [0.25, 0.3) is 11.0 Å². The first-order valence-corrected chi connectivity index (χ1v) is 7.50. The minimum atomic E-state index is -0.962. The molecule has 0 radical (unpaired) electrons. The van der Waals surface area contributed by atoms with Crippen LogP contribution in [-0.2, 0) is 4.79 Å². The molecule has 5 nitrogen and oxygen atoms in total. The van der Waals surface area contributed by atoms with Gasteiger partial charge in [0.05, 0.1) is 0 Å². The van der Waals surface area contributed by atoms with Crippen LogP contribution in [0.2, 0.25) is 0 Å². The number of carboxylic acids is 1. The van der Waals surface area contributed by atoms with E-state index in [1.54, 1.807) is 6.07 Å². The summed E-state index contributed by atoms with van der Waals surface area (Å²) in [6.07, 6.45) is 1.19. The highest BCUT2D eigenvalue weighted by molar-refractivity contribution is 9.10. The second kappa shape index (κ2) is 5.18. The summed E-state index contributed by atoms with van der Waals surface area (Å²) in [5.41, 5.74) is 1.59. The Labute approximate surface area is 129 Å². The topological polar surface area (TPSA) is 70.8 Å². The Bertz CT molecular complexity index is 737. The van der Waals surface area contributed by atoms with Gasteiger partial charge in [-0.15, -0.1) is 0 Å². The van der Waals surface area contributed by atoms with Crippen molar-refractivity contribution in [1.29, 1.82) is 0 Å². The number of furan rings is 1. The van der Waals surface area contributed by atoms with E-state index in [1.165, 1.54) is 4.90 Å². The number of carbonyl (C=O) groups is 2. The number of halogens is 1. The lowest BCUT2D eigenvalue weighted by Gasteiger charge is -2.19. The third-order valence-electron chi connectivity index (χ3n) is 3.78. The molecule has 6 heteroatoms. The van der Waals surface area contributed by atoms with E-state index >= 15 is 0 Å². The number of carbonyl (C=O) groups excluding carboxylic acids is 1. The van der Waals surface area contributed by atoms with Crippen LogP contribution in [-0.4, -0.2) is 34.5 Å². The molecule has 1 aliphatic heterocycles. The number of likely N-dealkylation sites (tertiary alicyclic amines) is 1. The number of hydrogen-bond donors (Lipinski definition) is 1. The minimum Gasteiger partial charge on any atom is -0.480 e. The predicted octanol–water partition coefficient (Wildman–Crippen LogP) is 3.19. The van der Waals surface area contributed by atoms with Gasteiger partial charge >= 0.3 is 5.97 Å². The minimum absolute atomic E-state index is 0.194. The summed E-state index contributed by atoms with van der Waals surface area (Å²) in [6.45, 7) is 2.36. The molecule has 0 unspecified atom stereocenters. The number of benzene rings is 1. The summed E-state index contributed by atoms with van der Waals surface area (Å²) >= 11 is 3.41. The van der Waals surface area contributed by atoms with Gasteiger partial charge in [-0.2, -0.15) is 0 Å². The molecule has 2 aromatic rings.